The van der Waals surface area contributed by atoms with Crippen LogP contribution in [0, 0.1) is 0 Å². The highest BCUT2D eigenvalue weighted by molar-refractivity contribution is 5.79. The van der Waals surface area contributed by atoms with E-state index in [-0.39, 0.29) is 25.0 Å². The highest BCUT2D eigenvalue weighted by Crippen LogP contribution is 2.14. The molecule has 0 saturated carbocycles. The molecule has 0 heterocycles. The molecule has 1 amide bonds. The van der Waals surface area contributed by atoms with Crippen LogP contribution in [0.2, 0.25) is 0 Å². The Morgan fingerprint density at radius 2 is 1.68 bits per heavy atom. The minimum atomic E-state index is -1.09. The van der Waals surface area contributed by atoms with Gasteiger partial charge in [-0.15, -0.1) is 0 Å². The van der Waals surface area contributed by atoms with Crippen LogP contribution in [0.4, 0.5) is 0 Å². The van der Waals surface area contributed by atoms with Gasteiger partial charge in [-0.05, 0) is 30.5 Å². The summed E-state index contributed by atoms with van der Waals surface area (Å²) in [7, 11) is 0. The van der Waals surface area contributed by atoms with Gasteiger partial charge in [-0.25, -0.2) is 4.79 Å². The number of carbonyl (C=O) groups excluding carboxylic acids is 2. The number of primary amides is 1. The van der Waals surface area contributed by atoms with Crippen molar-refractivity contribution in [2.45, 2.75) is 31.3 Å². The van der Waals surface area contributed by atoms with Crippen LogP contribution < -0.4 is 21.9 Å². The number of nitrogens with two attached hydrogens (primary N) is 3. The second-order valence-corrected chi connectivity index (χ2v) is 4.83. The molecule has 0 aromatic heterocycles. The summed E-state index contributed by atoms with van der Waals surface area (Å²) in [5, 5.41) is 8.73. The van der Waals surface area contributed by atoms with E-state index in [1.807, 2.05) is 0 Å². The van der Waals surface area contributed by atoms with E-state index in [0.29, 0.717) is 5.56 Å². The third kappa shape index (κ3) is 5.90. The highest BCUT2D eigenvalue weighted by Gasteiger charge is 2.17. The van der Waals surface area contributed by atoms with Gasteiger partial charge in [0, 0.05) is 6.42 Å². The Balaban J connectivity index is 2.54. The Bertz CT molecular complexity index is 544. The van der Waals surface area contributed by atoms with Gasteiger partial charge in [-0.3, -0.25) is 9.59 Å². The lowest BCUT2D eigenvalue weighted by molar-refractivity contribution is -0.138. The van der Waals surface area contributed by atoms with Crippen molar-refractivity contribution in [2.24, 2.45) is 17.2 Å². The molecule has 8 heteroatoms. The van der Waals surface area contributed by atoms with Crippen molar-refractivity contribution in [1.82, 2.24) is 0 Å². The highest BCUT2D eigenvalue weighted by atomic mass is 16.5. The van der Waals surface area contributed by atoms with E-state index in [1.165, 1.54) is 12.1 Å². The second-order valence-electron chi connectivity index (χ2n) is 4.83. The number of carbonyl (C=O) groups is 3. The van der Waals surface area contributed by atoms with E-state index in [2.05, 4.69) is 0 Å². The normalized spacial score (nSPS) is 13.2. The number of esters is 1. The van der Waals surface area contributed by atoms with Gasteiger partial charge in [0.2, 0.25) is 5.91 Å². The molecule has 1 aromatic rings. The first-order valence-corrected chi connectivity index (χ1v) is 6.62. The van der Waals surface area contributed by atoms with Crippen LogP contribution in [-0.4, -0.2) is 35.0 Å². The van der Waals surface area contributed by atoms with E-state index in [0.717, 1.165) is 0 Å². The lowest BCUT2D eigenvalue weighted by Crippen LogP contribution is -2.35. The molecule has 8 nitrogen and oxygen atoms in total. The standard InChI is InChI=1S/C14H19N3O5/c15-10(5-6-12(17)18)14(21)22-9-3-1-8(2-4-9)7-11(16)13(19)20/h1-4,10-11H,5-7,15-16H2,(H2,17,18)(H,19,20)/t10-,11+/m0/s1. The molecule has 7 N–H and O–H groups in total. The predicted molar refractivity (Wildman–Crippen MR) is 77.8 cm³/mol. The summed E-state index contributed by atoms with van der Waals surface area (Å²) in [4.78, 5) is 33.0. The summed E-state index contributed by atoms with van der Waals surface area (Å²) >= 11 is 0. The molecule has 0 aliphatic heterocycles. The number of rotatable bonds is 8. The average Bonchev–Trinajstić information content (AvgIpc) is 2.46. The first-order valence-electron chi connectivity index (χ1n) is 6.62. The molecule has 0 saturated heterocycles. The Labute approximate surface area is 127 Å². The molecule has 2 atom stereocenters. The van der Waals surface area contributed by atoms with Crippen molar-refractivity contribution in [3.05, 3.63) is 29.8 Å². The monoisotopic (exact) mass is 309 g/mol. The number of carboxylic acids is 1. The van der Waals surface area contributed by atoms with Crippen molar-refractivity contribution in [3.63, 3.8) is 0 Å². The minimum Gasteiger partial charge on any atom is -0.480 e. The van der Waals surface area contributed by atoms with Gasteiger partial charge in [-0.1, -0.05) is 12.1 Å². The quantitative estimate of drug-likeness (QED) is 0.359. The van der Waals surface area contributed by atoms with Crippen LogP contribution in [-0.2, 0) is 20.8 Å². The van der Waals surface area contributed by atoms with E-state index in [9.17, 15) is 14.4 Å². The molecular weight excluding hydrogens is 290 g/mol. The number of ether oxygens (including phenoxy) is 1. The van der Waals surface area contributed by atoms with Crippen molar-refractivity contribution in [1.29, 1.82) is 0 Å². The van der Waals surface area contributed by atoms with E-state index in [4.69, 9.17) is 27.0 Å². The number of carboxylic acid groups (broad SMARTS) is 1. The van der Waals surface area contributed by atoms with Gasteiger partial charge in [0.25, 0.3) is 0 Å². The van der Waals surface area contributed by atoms with Gasteiger partial charge in [-0.2, -0.15) is 0 Å². The third-order valence-electron chi connectivity index (χ3n) is 2.92. The van der Waals surface area contributed by atoms with Gasteiger partial charge >= 0.3 is 11.9 Å². The number of hydrogen-bond acceptors (Lipinski definition) is 6. The van der Waals surface area contributed by atoms with Gasteiger partial charge in [0.15, 0.2) is 0 Å². The lowest BCUT2D eigenvalue weighted by Gasteiger charge is -2.11. The fourth-order valence-corrected chi connectivity index (χ4v) is 1.64. The zero-order chi connectivity index (χ0) is 16.7. The number of benzene rings is 1. The largest absolute Gasteiger partial charge is 0.480 e. The Kier molecular flexibility index (Phi) is 6.48. The average molecular weight is 309 g/mol. The number of hydrogen-bond donors (Lipinski definition) is 4. The summed E-state index contributed by atoms with van der Waals surface area (Å²) in [6, 6.07) is 4.33. The minimum absolute atomic E-state index is 0.00226. The number of amides is 1. The molecule has 0 fully saturated rings. The van der Waals surface area contributed by atoms with Gasteiger partial charge in [0.1, 0.15) is 17.8 Å². The van der Waals surface area contributed by atoms with Crippen LogP contribution in [0.5, 0.6) is 5.75 Å². The first kappa shape index (κ1) is 17.6. The molecule has 0 bridgehead atoms. The maximum Gasteiger partial charge on any atom is 0.328 e. The second kappa shape index (κ2) is 8.11. The first-order chi connectivity index (χ1) is 10.3. The fourth-order valence-electron chi connectivity index (χ4n) is 1.64. The Morgan fingerprint density at radius 1 is 1.09 bits per heavy atom. The maximum absolute atomic E-state index is 11.7. The van der Waals surface area contributed by atoms with Crippen LogP contribution in [0.15, 0.2) is 24.3 Å². The Hall–Kier alpha value is -2.45. The van der Waals surface area contributed by atoms with Crippen LogP contribution in [0.25, 0.3) is 0 Å². The fraction of sp³-hybridized carbons (Fsp3) is 0.357. The number of aliphatic carboxylic acids is 1. The van der Waals surface area contributed by atoms with Gasteiger partial charge < -0.3 is 27.0 Å². The summed E-state index contributed by atoms with van der Waals surface area (Å²) in [6.07, 6.45) is 0.281. The lowest BCUT2D eigenvalue weighted by atomic mass is 10.1. The van der Waals surface area contributed by atoms with Crippen molar-refractivity contribution in [3.8, 4) is 5.75 Å². The topological polar surface area (TPSA) is 159 Å². The zero-order valence-electron chi connectivity index (χ0n) is 11.9. The summed E-state index contributed by atoms with van der Waals surface area (Å²) in [5.41, 5.74) is 16.7. The zero-order valence-corrected chi connectivity index (χ0v) is 11.9. The van der Waals surface area contributed by atoms with Crippen molar-refractivity contribution in [2.75, 3.05) is 0 Å². The molecule has 0 spiro atoms. The SMILES string of the molecule is NC(=O)CC[C@H](N)C(=O)Oc1ccc(C[C@@H](N)C(=O)O)cc1. The molecule has 120 valence electrons. The molecule has 1 aromatic carbocycles. The van der Waals surface area contributed by atoms with Gasteiger partial charge in [0.05, 0.1) is 0 Å². The summed E-state index contributed by atoms with van der Waals surface area (Å²) in [5.74, 6) is -2.03. The molecule has 22 heavy (non-hydrogen) atoms. The van der Waals surface area contributed by atoms with E-state index in [1.54, 1.807) is 12.1 Å². The molecule has 0 radical (unpaired) electrons. The van der Waals surface area contributed by atoms with E-state index >= 15 is 0 Å². The third-order valence-corrected chi connectivity index (χ3v) is 2.92. The summed E-state index contributed by atoms with van der Waals surface area (Å²) < 4.78 is 5.05. The van der Waals surface area contributed by atoms with Crippen LogP contribution in [0.1, 0.15) is 18.4 Å². The maximum atomic E-state index is 11.7. The predicted octanol–water partition coefficient (Wildman–Crippen LogP) is -0.861. The van der Waals surface area contributed by atoms with E-state index < -0.39 is 29.9 Å². The molecule has 0 unspecified atom stereocenters. The molecular formula is C14H19N3O5. The van der Waals surface area contributed by atoms with Crippen molar-refractivity contribution < 1.29 is 24.2 Å². The smallest absolute Gasteiger partial charge is 0.328 e. The molecule has 0 aliphatic rings. The van der Waals surface area contributed by atoms with Crippen molar-refractivity contribution >= 4 is 17.8 Å². The molecule has 0 aliphatic carbocycles. The molecule has 1 rings (SSSR count). The van der Waals surface area contributed by atoms with Crippen LogP contribution >= 0.6 is 0 Å². The van der Waals surface area contributed by atoms with Crippen LogP contribution in [0.3, 0.4) is 0 Å². The summed E-state index contributed by atoms with van der Waals surface area (Å²) in [6.45, 7) is 0. The Morgan fingerprint density at radius 3 is 2.18 bits per heavy atom.